The minimum Gasteiger partial charge on any atom is -0.467 e. The van der Waals surface area contributed by atoms with Crippen LogP contribution < -0.4 is 8.97 Å². The van der Waals surface area contributed by atoms with Crippen LogP contribution in [0, 0.1) is 0 Å². The quantitative estimate of drug-likeness (QED) is 0.131. The minimum absolute atomic E-state index is 0.185. The smallest absolute Gasteiger partial charge is 0.172 e. The molecule has 0 bridgehead atoms. The van der Waals surface area contributed by atoms with E-state index < -0.39 is 14.8 Å². The maximum Gasteiger partial charge on any atom is 0.172 e. The van der Waals surface area contributed by atoms with Gasteiger partial charge in [0.25, 0.3) is 0 Å². The maximum atomic E-state index is 14.3. The Morgan fingerprint density at radius 1 is 0.564 bits per heavy atom. The van der Waals surface area contributed by atoms with E-state index in [-0.39, 0.29) is 5.78 Å². The Morgan fingerprint density at radius 2 is 0.982 bits per heavy atom. The highest BCUT2D eigenvalue weighted by atomic mass is 32.3. The first-order chi connectivity index (χ1) is 26.9. The molecule has 1 spiro atoms. The minimum atomic E-state index is -2.01. The third kappa shape index (κ3) is 5.65. The highest BCUT2D eigenvalue weighted by Gasteiger charge is 2.64. The van der Waals surface area contributed by atoms with Crippen molar-refractivity contribution in [2.45, 2.75) is 34.0 Å². The standard InChI is InChI=1S/C50H46N2O2S/c1-51(41-21-11-5-12-22-41,35-39-17-7-3-8-18-39)43-26-30-45(31-27-43)55(38-48(53)47-37-54-49-25-15-16-34-50(47,49)55)46-32-28-44(29-33-46)52(2,42-23-13-6-14-24-42)36-40-19-9-4-10-20-40/h3-33,37H,34-36,38H2,1-2H3/q+2. The van der Waals surface area contributed by atoms with Crippen molar-refractivity contribution in [2.24, 2.45) is 0 Å². The van der Waals surface area contributed by atoms with Gasteiger partial charge in [-0.15, -0.1) is 0 Å². The molecule has 2 aliphatic heterocycles. The molecule has 1 fully saturated rings. The van der Waals surface area contributed by atoms with Crippen LogP contribution in [0.4, 0.5) is 22.7 Å². The number of hydrogen-bond donors (Lipinski definition) is 0. The Kier molecular flexibility index (Phi) is 8.82. The van der Waals surface area contributed by atoms with Crippen LogP contribution in [0.1, 0.15) is 17.5 Å². The lowest BCUT2D eigenvalue weighted by Crippen LogP contribution is -2.39. The van der Waals surface area contributed by atoms with E-state index >= 15 is 0 Å². The van der Waals surface area contributed by atoms with Gasteiger partial charge in [0.05, 0.1) is 25.9 Å². The number of benzene rings is 6. The van der Waals surface area contributed by atoms with Crippen LogP contribution in [0.15, 0.2) is 215 Å². The number of Topliss-reactive ketones (excluding diaryl/α,β-unsaturated/α-hetero) is 1. The first-order valence-electron chi connectivity index (χ1n) is 19.1. The van der Waals surface area contributed by atoms with Gasteiger partial charge in [0.1, 0.15) is 46.3 Å². The zero-order valence-electron chi connectivity index (χ0n) is 31.4. The second-order valence-electron chi connectivity index (χ2n) is 15.3. The third-order valence-electron chi connectivity index (χ3n) is 12.1. The number of hydrogen-bond acceptors (Lipinski definition) is 2. The summed E-state index contributed by atoms with van der Waals surface area (Å²) in [6, 6.07) is 61.5. The fraction of sp³-hybridized carbons (Fsp3) is 0.140. The molecule has 55 heavy (non-hydrogen) atoms. The summed E-state index contributed by atoms with van der Waals surface area (Å²) in [4.78, 5) is 16.7. The van der Waals surface area contributed by atoms with E-state index in [1.165, 1.54) is 43.7 Å². The van der Waals surface area contributed by atoms with Gasteiger partial charge < -0.3 is 4.74 Å². The SMILES string of the molecule is C[N+](Cc1ccccc1)(c1ccccc1)c1ccc(S2(c3ccc([N+](C)(Cc4ccccc4)c4ccccc4)cc3)CC(=O)C3=COC4=CC=CCC432)cc1. The van der Waals surface area contributed by atoms with Gasteiger partial charge in [-0.1, -0.05) is 109 Å². The second-order valence-corrected chi connectivity index (χ2v) is 18.7. The van der Waals surface area contributed by atoms with Crippen molar-refractivity contribution in [3.05, 3.63) is 217 Å². The maximum absolute atomic E-state index is 14.3. The van der Waals surface area contributed by atoms with Crippen molar-refractivity contribution < 1.29 is 9.53 Å². The second kappa shape index (κ2) is 13.8. The molecule has 5 heteroatoms. The van der Waals surface area contributed by atoms with Crippen LogP contribution in [0.25, 0.3) is 0 Å². The molecule has 6 aromatic carbocycles. The van der Waals surface area contributed by atoms with Crippen molar-refractivity contribution in [2.75, 3.05) is 19.8 Å². The predicted molar refractivity (Wildman–Crippen MR) is 229 cm³/mol. The Hall–Kier alpha value is -5.72. The van der Waals surface area contributed by atoms with Gasteiger partial charge in [0, 0.05) is 41.1 Å². The molecular formula is C50H46N2O2S+2. The zero-order valence-corrected chi connectivity index (χ0v) is 32.2. The zero-order chi connectivity index (χ0) is 37.5. The molecule has 272 valence electrons. The highest BCUT2D eigenvalue weighted by molar-refractivity contribution is 8.36. The molecule has 0 amide bonds. The van der Waals surface area contributed by atoms with Crippen molar-refractivity contribution in [3.8, 4) is 0 Å². The molecule has 3 aliphatic rings. The molecule has 0 aromatic heterocycles. The number of carbonyl (C=O) groups excluding carboxylic acids is 1. The van der Waals surface area contributed by atoms with Crippen molar-refractivity contribution >= 4 is 38.6 Å². The molecule has 0 saturated carbocycles. The third-order valence-corrected chi connectivity index (χ3v) is 16.7. The average molecular weight is 739 g/mol. The van der Waals surface area contributed by atoms with Gasteiger partial charge >= 0.3 is 0 Å². The summed E-state index contributed by atoms with van der Waals surface area (Å²) < 4.78 is 7.01. The van der Waals surface area contributed by atoms with E-state index in [4.69, 9.17) is 4.74 Å². The summed E-state index contributed by atoms with van der Waals surface area (Å²) in [6.07, 6.45) is 8.87. The number of carbonyl (C=O) groups is 1. The molecule has 6 aromatic rings. The first-order valence-corrected chi connectivity index (χ1v) is 20.9. The average Bonchev–Trinajstić information content (AvgIpc) is 3.76. The van der Waals surface area contributed by atoms with Crippen LogP contribution >= 0.6 is 10.0 Å². The normalized spacial score (nSPS) is 23.2. The van der Waals surface area contributed by atoms with Crippen LogP contribution in [0.2, 0.25) is 0 Å². The molecule has 3 atom stereocenters. The van der Waals surface area contributed by atoms with Crippen molar-refractivity contribution in [1.29, 1.82) is 0 Å². The van der Waals surface area contributed by atoms with Crippen LogP contribution in [0.3, 0.4) is 0 Å². The van der Waals surface area contributed by atoms with Gasteiger partial charge in [-0.2, -0.15) is 10.0 Å². The Balaban J connectivity index is 1.19. The fourth-order valence-corrected chi connectivity index (χ4v) is 14.0. The molecule has 1 aliphatic carbocycles. The Morgan fingerprint density at radius 3 is 1.44 bits per heavy atom. The molecule has 2 heterocycles. The summed E-state index contributed by atoms with van der Waals surface area (Å²) in [5.41, 5.74) is 8.19. The van der Waals surface area contributed by atoms with Crippen molar-refractivity contribution in [3.63, 3.8) is 0 Å². The van der Waals surface area contributed by atoms with E-state index in [2.05, 4.69) is 202 Å². The molecular weight excluding hydrogens is 693 g/mol. The number of ketones is 1. The summed E-state index contributed by atoms with van der Waals surface area (Å²) >= 11 is 0. The van der Waals surface area contributed by atoms with Gasteiger partial charge in [-0.05, 0) is 70.8 Å². The predicted octanol–water partition coefficient (Wildman–Crippen LogP) is 11.9. The Labute approximate surface area is 326 Å². The highest BCUT2D eigenvalue weighted by Crippen LogP contribution is 2.80. The number of para-hydroxylation sites is 2. The van der Waals surface area contributed by atoms with Crippen LogP contribution in [-0.2, 0) is 22.6 Å². The molecule has 0 radical (unpaired) electrons. The number of allylic oxidation sites excluding steroid dienone is 3. The molecule has 4 nitrogen and oxygen atoms in total. The topological polar surface area (TPSA) is 26.3 Å². The van der Waals surface area contributed by atoms with Crippen LogP contribution in [0.5, 0.6) is 0 Å². The van der Waals surface area contributed by atoms with E-state index in [0.29, 0.717) is 14.7 Å². The van der Waals surface area contributed by atoms with Gasteiger partial charge in [0.15, 0.2) is 5.78 Å². The number of quaternary nitrogens is 2. The number of ether oxygens (including phenoxy) is 1. The van der Waals surface area contributed by atoms with Crippen molar-refractivity contribution in [1.82, 2.24) is 8.97 Å². The summed E-state index contributed by atoms with van der Waals surface area (Å²) in [5.74, 6) is 1.53. The molecule has 1 saturated heterocycles. The lowest BCUT2D eigenvalue weighted by Gasteiger charge is -2.50. The Bertz CT molecular complexity index is 2290. The lowest BCUT2D eigenvalue weighted by atomic mass is 9.90. The van der Waals surface area contributed by atoms with Gasteiger partial charge in [-0.3, -0.25) is 13.8 Å². The molecule has 3 unspecified atom stereocenters. The fourth-order valence-electron chi connectivity index (χ4n) is 9.20. The van der Waals surface area contributed by atoms with E-state index in [9.17, 15) is 4.79 Å². The van der Waals surface area contributed by atoms with Gasteiger partial charge in [-0.25, -0.2) is 0 Å². The van der Waals surface area contributed by atoms with E-state index in [1.54, 1.807) is 6.26 Å². The summed E-state index contributed by atoms with van der Waals surface area (Å²) in [6.45, 7) is 1.62. The van der Waals surface area contributed by atoms with Gasteiger partial charge in [0.2, 0.25) is 0 Å². The summed E-state index contributed by atoms with van der Waals surface area (Å²) in [7, 11) is 2.58. The largest absolute Gasteiger partial charge is 0.467 e. The molecule has 0 N–H and O–H groups in total. The molecule has 9 rings (SSSR count). The number of rotatable bonds is 10. The summed E-state index contributed by atoms with van der Waals surface area (Å²) in [5, 5.41) is 0. The monoisotopic (exact) mass is 738 g/mol. The van der Waals surface area contributed by atoms with E-state index in [1.807, 2.05) is 0 Å². The number of nitrogens with zero attached hydrogens (tertiary/aromatic N) is 2. The first kappa shape index (κ1) is 35.0. The van der Waals surface area contributed by atoms with E-state index in [0.717, 1.165) is 30.8 Å². The van der Waals surface area contributed by atoms with Crippen LogP contribution in [-0.4, -0.2) is 30.4 Å². The lowest BCUT2D eigenvalue weighted by molar-refractivity contribution is -0.113.